The lowest BCUT2D eigenvalue weighted by Crippen LogP contribution is -1.90. The first-order valence-corrected chi connectivity index (χ1v) is 7.11. The summed E-state index contributed by atoms with van der Waals surface area (Å²) in [5.41, 5.74) is 12.4. The lowest BCUT2D eigenvalue weighted by atomic mass is 9.97. The first-order valence-electron chi connectivity index (χ1n) is 6.73. The Morgan fingerprint density at radius 3 is 2.52 bits per heavy atom. The highest BCUT2D eigenvalue weighted by Crippen LogP contribution is 2.36. The molecule has 21 heavy (non-hydrogen) atoms. The van der Waals surface area contributed by atoms with Crippen molar-refractivity contribution in [2.45, 2.75) is 13.8 Å². The number of aromatic nitrogens is 2. The van der Waals surface area contributed by atoms with E-state index >= 15 is 0 Å². The van der Waals surface area contributed by atoms with Crippen molar-refractivity contribution in [3.8, 4) is 22.4 Å². The first kappa shape index (κ1) is 13.7. The Kier molecular flexibility index (Phi) is 3.43. The van der Waals surface area contributed by atoms with Crippen LogP contribution in [0.5, 0.6) is 0 Å². The number of hydrogen-bond acceptors (Lipinski definition) is 2. The molecule has 106 valence electrons. The Balaban J connectivity index is 2.19. The normalized spacial score (nSPS) is 10.8. The van der Waals surface area contributed by atoms with E-state index < -0.39 is 0 Å². The number of rotatable bonds is 2. The van der Waals surface area contributed by atoms with Crippen LogP contribution >= 0.6 is 11.6 Å². The molecule has 2 aromatic carbocycles. The van der Waals surface area contributed by atoms with Gasteiger partial charge >= 0.3 is 0 Å². The van der Waals surface area contributed by atoms with Gasteiger partial charge < -0.3 is 5.73 Å². The van der Waals surface area contributed by atoms with E-state index in [1.165, 1.54) is 11.1 Å². The largest absolute Gasteiger partial charge is 0.382 e. The Labute approximate surface area is 128 Å². The maximum atomic E-state index is 6.08. The Morgan fingerprint density at radius 2 is 1.81 bits per heavy atom. The van der Waals surface area contributed by atoms with Gasteiger partial charge in [-0.15, -0.1) is 0 Å². The predicted molar refractivity (Wildman–Crippen MR) is 88.4 cm³/mol. The summed E-state index contributed by atoms with van der Waals surface area (Å²) < 4.78 is 0. The van der Waals surface area contributed by atoms with Crippen molar-refractivity contribution < 1.29 is 0 Å². The second-order valence-corrected chi connectivity index (χ2v) is 5.60. The van der Waals surface area contributed by atoms with Gasteiger partial charge in [0.05, 0.1) is 11.3 Å². The second kappa shape index (κ2) is 5.26. The van der Waals surface area contributed by atoms with Crippen LogP contribution in [-0.2, 0) is 0 Å². The van der Waals surface area contributed by atoms with Gasteiger partial charge in [0.15, 0.2) is 5.82 Å². The van der Waals surface area contributed by atoms with Crippen molar-refractivity contribution in [3.63, 3.8) is 0 Å². The van der Waals surface area contributed by atoms with Gasteiger partial charge in [-0.1, -0.05) is 41.9 Å². The SMILES string of the molecule is Cc1ccc(-c2c(N)n[nH]c2-c2cccc(Cl)c2)cc1C. The lowest BCUT2D eigenvalue weighted by molar-refractivity contribution is 1.10. The van der Waals surface area contributed by atoms with E-state index in [1.54, 1.807) is 0 Å². The number of benzene rings is 2. The quantitative estimate of drug-likeness (QED) is 0.726. The molecule has 0 aliphatic heterocycles. The zero-order valence-corrected chi connectivity index (χ0v) is 12.7. The van der Waals surface area contributed by atoms with Gasteiger partial charge in [-0.2, -0.15) is 5.10 Å². The smallest absolute Gasteiger partial charge is 0.153 e. The van der Waals surface area contributed by atoms with Crippen LogP contribution in [0.25, 0.3) is 22.4 Å². The molecule has 1 aromatic heterocycles. The molecule has 0 atom stereocenters. The molecule has 0 saturated heterocycles. The van der Waals surface area contributed by atoms with E-state index in [2.05, 4.69) is 42.2 Å². The molecule has 0 saturated carbocycles. The number of nitrogens with one attached hydrogen (secondary N) is 1. The topological polar surface area (TPSA) is 54.7 Å². The molecule has 0 radical (unpaired) electrons. The first-order chi connectivity index (χ1) is 10.1. The number of halogens is 1. The predicted octanol–water partition coefficient (Wildman–Crippen LogP) is 4.60. The lowest BCUT2D eigenvalue weighted by Gasteiger charge is -2.08. The van der Waals surface area contributed by atoms with E-state index in [9.17, 15) is 0 Å². The molecular formula is C17H16ClN3. The Bertz CT molecular complexity index is 806. The van der Waals surface area contributed by atoms with Crippen molar-refractivity contribution in [1.29, 1.82) is 0 Å². The van der Waals surface area contributed by atoms with Gasteiger partial charge in [-0.3, -0.25) is 5.10 Å². The van der Waals surface area contributed by atoms with Crippen LogP contribution in [0.2, 0.25) is 5.02 Å². The molecule has 3 rings (SSSR count). The number of H-pyrrole nitrogens is 1. The molecule has 0 amide bonds. The minimum Gasteiger partial charge on any atom is -0.382 e. The van der Waals surface area contributed by atoms with Gasteiger partial charge in [-0.25, -0.2) is 0 Å². The standard InChI is InChI=1S/C17H16ClN3/c1-10-6-7-12(8-11(10)2)15-16(20-21-17(15)19)13-4-3-5-14(18)9-13/h3-9H,1-2H3,(H3,19,20,21). The molecule has 0 fully saturated rings. The number of nitrogen functional groups attached to an aromatic ring is 1. The van der Waals surface area contributed by atoms with E-state index in [4.69, 9.17) is 17.3 Å². The van der Waals surface area contributed by atoms with Crippen LogP contribution in [0.15, 0.2) is 42.5 Å². The third-order valence-electron chi connectivity index (χ3n) is 3.70. The number of anilines is 1. The number of nitrogens with two attached hydrogens (primary N) is 1. The highest BCUT2D eigenvalue weighted by Gasteiger charge is 2.15. The van der Waals surface area contributed by atoms with E-state index in [-0.39, 0.29) is 0 Å². The van der Waals surface area contributed by atoms with Crippen molar-refractivity contribution in [2.75, 3.05) is 5.73 Å². The molecular weight excluding hydrogens is 282 g/mol. The molecule has 0 spiro atoms. The minimum atomic E-state index is 0.494. The third kappa shape index (κ3) is 2.52. The molecule has 3 aromatic rings. The van der Waals surface area contributed by atoms with Crippen LogP contribution in [0, 0.1) is 13.8 Å². The van der Waals surface area contributed by atoms with Crippen LogP contribution in [0.3, 0.4) is 0 Å². The van der Waals surface area contributed by atoms with Gasteiger partial charge in [-0.05, 0) is 42.7 Å². The fourth-order valence-electron chi connectivity index (χ4n) is 2.40. The summed E-state index contributed by atoms with van der Waals surface area (Å²) in [6.07, 6.45) is 0. The Morgan fingerprint density at radius 1 is 1.00 bits per heavy atom. The zero-order chi connectivity index (χ0) is 15.0. The van der Waals surface area contributed by atoms with Crippen molar-refractivity contribution in [2.24, 2.45) is 0 Å². The monoisotopic (exact) mass is 297 g/mol. The Hall–Kier alpha value is -2.26. The molecule has 0 aliphatic rings. The van der Waals surface area contributed by atoms with Crippen LogP contribution in [0.4, 0.5) is 5.82 Å². The van der Waals surface area contributed by atoms with E-state index in [0.717, 1.165) is 22.4 Å². The van der Waals surface area contributed by atoms with Crippen LogP contribution in [0.1, 0.15) is 11.1 Å². The van der Waals surface area contributed by atoms with E-state index in [1.807, 2.05) is 24.3 Å². The highest BCUT2D eigenvalue weighted by atomic mass is 35.5. The summed E-state index contributed by atoms with van der Waals surface area (Å²) in [5.74, 6) is 0.494. The summed E-state index contributed by atoms with van der Waals surface area (Å²) in [7, 11) is 0. The summed E-state index contributed by atoms with van der Waals surface area (Å²) in [4.78, 5) is 0. The highest BCUT2D eigenvalue weighted by molar-refractivity contribution is 6.30. The van der Waals surface area contributed by atoms with Crippen molar-refractivity contribution in [3.05, 3.63) is 58.6 Å². The fraction of sp³-hybridized carbons (Fsp3) is 0.118. The van der Waals surface area contributed by atoms with Gasteiger partial charge in [0.2, 0.25) is 0 Å². The van der Waals surface area contributed by atoms with E-state index in [0.29, 0.717) is 10.8 Å². The zero-order valence-electron chi connectivity index (χ0n) is 11.9. The second-order valence-electron chi connectivity index (χ2n) is 5.17. The molecule has 3 N–H and O–H groups in total. The number of nitrogens with zero attached hydrogens (tertiary/aromatic N) is 1. The molecule has 0 unspecified atom stereocenters. The number of aryl methyl sites for hydroxylation is 2. The van der Waals surface area contributed by atoms with Gasteiger partial charge in [0.25, 0.3) is 0 Å². The van der Waals surface area contributed by atoms with Gasteiger partial charge in [0, 0.05) is 10.6 Å². The number of aromatic amines is 1. The minimum absolute atomic E-state index is 0.494. The van der Waals surface area contributed by atoms with Crippen molar-refractivity contribution in [1.82, 2.24) is 10.2 Å². The summed E-state index contributed by atoms with van der Waals surface area (Å²) in [5, 5.41) is 7.86. The summed E-state index contributed by atoms with van der Waals surface area (Å²) in [6, 6.07) is 13.9. The average molecular weight is 298 g/mol. The number of hydrogen-bond donors (Lipinski definition) is 2. The maximum absolute atomic E-state index is 6.08. The van der Waals surface area contributed by atoms with Crippen molar-refractivity contribution >= 4 is 17.4 Å². The average Bonchev–Trinajstić information content (AvgIpc) is 2.84. The molecule has 0 bridgehead atoms. The molecule has 0 aliphatic carbocycles. The molecule has 1 heterocycles. The van der Waals surface area contributed by atoms with Crippen LogP contribution in [-0.4, -0.2) is 10.2 Å². The van der Waals surface area contributed by atoms with Gasteiger partial charge in [0.1, 0.15) is 0 Å². The molecule has 3 nitrogen and oxygen atoms in total. The van der Waals surface area contributed by atoms with Crippen LogP contribution < -0.4 is 5.73 Å². The maximum Gasteiger partial charge on any atom is 0.153 e. The third-order valence-corrected chi connectivity index (χ3v) is 3.94. The fourth-order valence-corrected chi connectivity index (χ4v) is 2.59. The molecule has 4 heteroatoms. The summed E-state index contributed by atoms with van der Waals surface area (Å²) >= 11 is 6.08. The summed E-state index contributed by atoms with van der Waals surface area (Å²) in [6.45, 7) is 4.18.